The lowest BCUT2D eigenvalue weighted by Crippen LogP contribution is -2.23. The zero-order chi connectivity index (χ0) is 14.7. The van der Waals surface area contributed by atoms with Crippen LogP contribution in [0, 0.1) is 0 Å². The standard InChI is InChI=1S/C16H15N3O2/c17-12-5-1-4-8-15(12)21-10-9-19-14-7-3-2-6-13(14)18-11-16(19)20/h1-8,11H,9-10,17H2. The minimum atomic E-state index is -0.140. The number of anilines is 1. The van der Waals surface area contributed by atoms with Gasteiger partial charge in [-0.25, -0.2) is 4.98 Å². The van der Waals surface area contributed by atoms with Crippen molar-refractivity contribution >= 4 is 16.7 Å². The Morgan fingerprint density at radius 3 is 2.71 bits per heavy atom. The first kappa shape index (κ1) is 13.2. The number of nitrogens with two attached hydrogens (primary N) is 1. The lowest BCUT2D eigenvalue weighted by Gasteiger charge is -2.11. The van der Waals surface area contributed by atoms with Crippen LogP contribution in [0.5, 0.6) is 5.75 Å². The van der Waals surface area contributed by atoms with Crippen LogP contribution in [0.3, 0.4) is 0 Å². The van der Waals surface area contributed by atoms with Gasteiger partial charge in [0.15, 0.2) is 0 Å². The molecular formula is C16H15N3O2. The Labute approximate surface area is 121 Å². The fraction of sp³-hybridized carbons (Fsp3) is 0.125. The first-order valence-electron chi connectivity index (χ1n) is 6.67. The predicted molar refractivity (Wildman–Crippen MR) is 82.4 cm³/mol. The molecule has 0 amide bonds. The second kappa shape index (κ2) is 5.66. The summed E-state index contributed by atoms with van der Waals surface area (Å²) in [4.78, 5) is 16.1. The number of para-hydroxylation sites is 4. The zero-order valence-corrected chi connectivity index (χ0v) is 11.4. The van der Waals surface area contributed by atoms with Gasteiger partial charge in [-0.2, -0.15) is 0 Å². The molecule has 2 aromatic carbocycles. The largest absolute Gasteiger partial charge is 0.490 e. The monoisotopic (exact) mass is 281 g/mol. The Morgan fingerprint density at radius 1 is 1.10 bits per heavy atom. The van der Waals surface area contributed by atoms with Crippen LogP contribution in [0.1, 0.15) is 0 Å². The number of nitrogen functional groups attached to an aromatic ring is 1. The zero-order valence-electron chi connectivity index (χ0n) is 11.4. The highest BCUT2D eigenvalue weighted by Crippen LogP contribution is 2.19. The molecule has 5 heteroatoms. The van der Waals surface area contributed by atoms with Crippen molar-refractivity contribution in [2.45, 2.75) is 6.54 Å². The van der Waals surface area contributed by atoms with E-state index in [1.165, 1.54) is 6.20 Å². The fourth-order valence-electron chi connectivity index (χ4n) is 2.20. The Kier molecular flexibility index (Phi) is 3.55. The summed E-state index contributed by atoms with van der Waals surface area (Å²) in [5.74, 6) is 0.629. The van der Waals surface area contributed by atoms with Crippen LogP contribution >= 0.6 is 0 Å². The van der Waals surface area contributed by atoms with Crippen molar-refractivity contribution < 1.29 is 4.74 Å². The number of benzene rings is 2. The smallest absolute Gasteiger partial charge is 0.269 e. The van der Waals surface area contributed by atoms with Crippen molar-refractivity contribution in [1.82, 2.24) is 9.55 Å². The van der Waals surface area contributed by atoms with E-state index in [2.05, 4.69) is 4.98 Å². The number of ether oxygens (including phenoxy) is 1. The van der Waals surface area contributed by atoms with Gasteiger partial charge >= 0.3 is 0 Å². The summed E-state index contributed by atoms with van der Waals surface area (Å²) >= 11 is 0. The average molecular weight is 281 g/mol. The number of nitrogens with zero attached hydrogens (tertiary/aromatic N) is 2. The Balaban J connectivity index is 1.81. The molecule has 0 atom stereocenters. The number of hydrogen-bond donors (Lipinski definition) is 1. The van der Waals surface area contributed by atoms with E-state index < -0.39 is 0 Å². The van der Waals surface area contributed by atoms with Crippen LogP contribution in [0.15, 0.2) is 59.5 Å². The molecule has 21 heavy (non-hydrogen) atoms. The molecule has 0 aliphatic rings. The van der Waals surface area contributed by atoms with Crippen LogP contribution < -0.4 is 16.0 Å². The minimum absolute atomic E-state index is 0.140. The van der Waals surface area contributed by atoms with E-state index in [0.717, 1.165) is 11.0 Å². The van der Waals surface area contributed by atoms with Crippen molar-refractivity contribution in [2.75, 3.05) is 12.3 Å². The minimum Gasteiger partial charge on any atom is -0.490 e. The van der Waals surface area contributed by atoms with Crippen molar-refractivity contribution in [3.63, 3.8) is 0 Å². The van der Waals surface area contributed by atoms with Gasteiger partial charge in [0.1, 0.15) is 12.4 Å². The van der Waals surface area contributed by atoms with Gasteiger partial charge in [0.2, 0.25) is 0 Å². The summed E-state index contributed by atoms with van der Waals surface area (Å²) < 4.78 is 7.29. The third-order valence-electron chi connectivity index (χ3n) is 3.24. The molecule has 0 saturated carbocycles. The van der Waals surface area contributed by atoms with Crippen LogP contribution in [-0.4, -0.2) is 16.2 Å². The highest BCUT2D eigenvalue weighted by molar-refractivity contribution is 5.74. The van der Waals surface area contributed by atoms with Crippen molar-refractivity contribution in [3.05, 3.63) is 65.1 Å². The Morgan fingerprint density at radius 2 is 1.86 bits per heavy atom. The number of rotatable bonds is 4. The molecule has 0 saturated heterocycles. The van der Waals surface area contributed by atoms with Gasteiger partial charge in [-0.1, -0.05) is 24.3 Å². The van der Waals surface area contributed by atoms with Crippen LogP contribution in [-0.2, 0) is 6.54 Å². The first-order chi connectivity index (χ1) is 10.3. The first-order valence-corrected chi connectivity index (χ1v) is 6.67. The molecule has 106 valence electrons. The maximum absolute atomic E-state index is 12.0. The SMILES string of the molecule is Nc1ccccc1OCCn1c(=O)cnc2ccccc21. The summed E-state index contributed by atoms with van der Waals surface area (Å²) in [5.41, 5.74) is 7.85. The van der Waals surface area contributed by atoms with E-state index in [9.17, 15) is 4.79 Å². The molecule has 3 rings (SSSR count). The van der Waals surface area contributed by atoms with Crippen molar-refractivity contribution in [1.29, 1.82) is 0 Å². The van der Waals surface area contributed by atoms with Crippen LogP contribution in [0.25, 0.3) is 11.0 Å². The van der Waals surface area contributed by atoms with E-state index in [1.54, 1.807) is 10.6 Å². The van der Waals surface area contributed by atoms with Gasteiger partial charge in [0.05, 0.1) is 29.5 Å². The van der Waals surface area contributed by atoms with Crippen LogP contribution in [0.4, 0.5) is 5.69 Å². The molecule has 0 aliphatic carbocycles. The normalized spacial score (nSPS) is 10.7. The average Bonchev–Trinajstić information content (AvgIpc) is 2.51. The van der Waals surface area contributed by atoms with E-state index >= 15 is 0 Å². The molecule has 3 aromatic rings. The van der Waals surface area contributed by atoms with Gasteiger partial charge in [-0.3, -0.25) is 4.79 Å². The third-order valence-corrected chi connectivity index (χ3v) is 3.24. The second-order valence-corrected chi connectivity index (χ2v) is 4.62. The van der Waals surface area contributed by atoms with E-state index in [-0.39, 0.29) is 5.56 Å². The number of fused-ring (bicyclic) bond motifs is 1. The molecule has 0 spiro atoms. The summed E-state index contributed by atoms with van der Waals surface area (Å²) in [6.45, 7) is 0.804. The molecule has 0 radical (unpaired) electrons. The van der Waals surface area contributed by atoms with E-state index in [4.69, 9.17) is 10.5 Å². The third kappa shape index (κ3) is 2.72. The molecule has 1 aromatic heterocycles. The van der Waals surface area contributed by atoms with E-state index in [1.807, 2.05) is 42.5 Å². The quantitative estimate of drug-likeness (QED) is 0.743. The molecule has 0 bridgehead atoms. The Bertz CT molecular complexity index is 827. The molecule has 0 aliphatic heterocycles. The van der Waals surface area contributed by atoms with Crippen molar-refractivity contribution in [2.24, 2.45) is 0 Å². The Hall–Kier alpha value is -2.82. The number of aromatic nitrogens is 2. The molecular weight excluding hydrogens is 266 g/mol. The van der Waals surface area contributed by atoms with Crippen molar-refractivity contribution in [3.8, 4) is 5.75 Å². The molecule has 5 nitrogen and oxygen atoms in total. The summed E-state index contributed by atoms with van der Waals surface area (Å²) in [5, 5.41) is 0. The molecule has 0 fully saturated rings. The maximum atomic E-state index is 12.0. The summed E-state index contributed by atoms with van der Waals surface area (Å²) in [6, 6.07) is 14.8. The van der Waals surface area contributed by atoms with Crippen LogP contribution in [0.2, 0.25) is 0 Å². The second-order valence-electron chi connectivity index (χ2n) is 4.62. The molecule has 0 unspecified atom stereocenters. The highest BCUT2D eigenvalue weighted by Gasteiger charge is 2.04. The number of hydrogen-bond acceptors (Lipinski definition) is 4. The molecule has 1 heterocycles. The maximum Gasteiger partial charge on any atom is 0.269 e. The summed E-state index contributed by atoms with van der Waals surface area (Å²) in [7, 11) is 0. The van der Waals surface area contributed by atoms with Gasteiger partial charge in [0, 0.05) is 0 Å². The van der Waals surface area contributed by atoms with Gasteiger partial charge in [-0.05, 0) is 24.3 Å². The van der Waals surface area contributed by atoms with E-state index in [0.29, 0.717) is 24.6 Å². The lowest BCUT2D eigenvalue weighted by molar-refractivity contribution is 0.300. The highest BCUT2D eigenvalue weighted by atomic mass is 16.5. The summed E-state index contributed by atoms with van der Waals surface area (Å²) in [6.07, 6.45) is 1.33. The van der Waals surface area contributed by atoms with Gasteiger partial charge in [0.25, 0.3) is 5.56 Å². The fourth-order valence-corrected chi connectivity index (χ4v) is 2.20. The lowest BCUT2D eigenvalue weighted by atomic mass is 10.3. The van der Waals surface area contributed by atoms with Gasteiger partial charge in [-0.15, -0.1) is 0 Å². The predicted octanol–water partition coefficient (Wildman–Crippen LogP) is 2.06. The topological polar surface area (TPSA) is 70.1 Å². The van der Waals surface area contributed by atoms with Gasteiger partial charge < -0.3 is 15.0 Å². The molecule has 2 N–H and O–H groups in total.